The van der Waals surface area contributed by atoms with Crippen LogP contribution in [-0.2, 0) is 0 Å². The highest BCUT2D eigenvalue weighted by Crippen LogP contribution is 2.29. The first-order chi connectivity index (χ1) is 7.70. The molecule has 0 aliphatic heterocycles. The lowest BCUT2D eigenvalue weighted by Gasteiger charge is -2.30. The van der Waals surface area contributed by atoms with Gasteiger partial charge in [-0.2, -0.15) is 0 Å². The van der Waals surface area contributed by atoms with Crippen molar-refractivity contribution in [1.82, 2.24) is 5.32 Å². The summed E-state index contributed by atoms with van der Waals surface area (Å²) in [6, 6.07) is 11.4. The molecule has 1 aromatic carbocycles. The molecule has 16 heavy (non-hydrogen) atoms. The lowest BCUT2D eigenvalue weighted by molar-refractivity contribution is 0.355. The molecule has 0 bridgehead atoms. The molecule has 0 radical (unpaired) electrons. The van der Waals surface area contributed by atoms with Gasteiger partial charge in [-0.3, -0.25) is 0 Å². The molecule has 1 rings (SSSR count). The van der Waals surface area contributed by atoms with Crippen LogP contribution >= 0.6 is 0 Å². The maximum absolute atomic E-state index is 3.56. The lowest BCUT2D eigenvalue weighted by atomic mass is 9.81. The molecule has 3 atom stereocenters. The minimum atomic E-state index is 0.544. The topological polar surface area (TPSA) is 12.0 Å². The van der Waals surface area contributed by atoms with Crippen LogP contribution in [0.1, 0.15) is 45.6 Å². The Balaban J connectivity index is 2.87. The van der Waals surface area contributed by atoms with Crippen LogP contribution < -0.4 is 5.32 Å². The fourth-order valence-corrected chi connectivity index (χ4v) is 2.49. The van der Waals surface area contributed by atoms with E-state index in [1.54, 1.807) is 0 Å². The summed E-state index contributed by atoms with van der Waals surface area (Å²) in [5.74, 6) is 1.34. The van der Waals surface area contributed by atoms with Crippen molar-refractivity contribution in [2.75, 3.05) is 6.54 Å². The molecule has 90 valence electrons. The van der Waals surface area contributed by atoms with E-state index in [-0.39, 0.29) is 0 Å². The van der Waals surface area contributed by atoms with E-state index in [9.17, 15) is 0 Å². The molecule has 0 aromatic heterocycles. The van der Waals surface area contributed by atoms with Crippen LogP contribution in [0.4, 0.5) is 0 Å². The molecule has 0 spiro atoms. The molecule has 1 aromatic rings. The predicted octanol–water partition coefficient (Wildman–Crippen LogP) is 3.81. The maximum Gasteiger partial charge on any atom is 0.0110 e. The van der Waals surface area contributed by atoms with E-state index in [1.165, 1.54) is 12.0 Å². The molecule has 0 saturated heterocycles. The van der Waals surface area contributed by atoms with E-state index >= 15 is 0 Å². The van der Waals surface area contributed by atoms with Crippen molar-refractivity contribution < 1.29 is 0 Å². The second-order valence-electron chi connectivity index (χ2n) is 4.67. The summed E-state index contributed by atoms with van der Waals surface area (Å²) in [6.45, 7) is 10.1. The van der Waals surface area contributed by atoms with Crippen LogP contribution in [0.25, 0.3) is 0 Å². The summed E-state index contributed by atoms with van der Waals surface area (Å²) in [5, 5.41) is 3.56. The SMILES string of the molecule is CCNC(C)C(c1ccccc1)C(C)CC. The van der Waals surface area contributed by atoms with Gasteiger partial charge in [-0.1, -0.05) is 57.5 Å². The quantitative estimate of drug-likeness (QED) is 0.767. The third-order valence-corrected chi connectivity index (χ3v) is 3.51. The van der Waals surface area contributed by atoms with E-state index in [2.05, 4.69) is 63.3 Å². The Morgan fingerprint density at radius 2 is 1.69 bits per heavy atom. The zero-order valence-electron chi connectivity index (χ0n) is 11.0. The zero-order valence-corrected chi connectivity index (χ0v) is 11.0. The highest BCUT2D eigenvalue weighted by molar-refractivity contribution is 5.21. The summed E-state index contributed by atoms with van der Waals surface area (Å²) < 4.78 is 0. The zero-order chi connectivity index (χ0) is 12.0. The van der Waals surface area contributed by atoms with Gasteiger partial charge in [0.15, 0.2) is 0 Å². The van der Waals surface area contributed by atoms with Crippen LogP contribution in [0.15, 0.2) is 30.3 Å². The first-order valence-electron chi connectivity index (χ1n) is 6.49. The molecule has 0 aliphatic carbocycles. The number of nitrogens with one attached hydrogen (secondary N) is 1. The smallest absolute Gasteiger partial charge is 0.0110 e. The minimum Gasteiger partial charge on any atom is -0.314 e. The van der Waals surface area contributed by atoms with Gasteiger partial charge in [0.05, 0.1) is 0 Å². The van der Waals surface area contributed by atoms with Crippen molar-refractivity contribution in [3.05, 3.63) is 35.9 Å². The maximum atomic E-state index is 3.56. The first-order valence-corrected chi connectivity index (χ1v) is 6.49. The molecular formula is C15H25N. The van der Waals surface area contributed by atoms with Crippen molar-refractivity contribution in [2.24, 2.45) is 5.92 Å². The van der Waals surface area contributed by atoms with E-state index in [0.29, 0.717) is 12.0 Å². The summed E-state index contributed by atoms with van der Waals surface area (Å²) in [6.07, 6.45) is 1.23. The number of benzene rings is 1. The molecule has 0 heterocycles. The first kappa shape index (κ1) is 13.2. The second kappa shape index (κ2) is 6.70. The molecule has 0 saturated carbocycles. The van der Waals surface area contributed by atoms with Gasteiger partial charge >= 0.3 is 0 Å². The van der Waals surface area contributed by atoms with Crippen molar-refractivity contribution >= 4 is 0 Å². The molecule has 0 amide bonds. The van der Waals surface area contributed by atoms with Crippen LogP contribution in [0, 0.1) is 5.92 Å². The molecular weight excluding hydrogens is 194 g/mol. The Morgan fingerprint density at radius 3 is 2.19 bits per heavy atom. The fourth-order valence-electron chi connectivity index (χ4n) is 2.49. The Kier molecular flexibility index (Phi) is 5.54. The summed E-state index contributed by atoms with van der Waals surface area (Å²) >= 11 is 0. The van der Waals surface area contributed by atoms with Gasteiger partial charge in [-0.05, 0) is 24.9 Å². The highest BCUT2D eigenvalue weighted by atomic mass is 14.9. The van der Waals surface area contributed by atoms with Gasteiger partial charge in [0.2, 0.25) is 0 Å². The molecule has 3 unspecified atom stereocenters. The number of hydrogen-bond acceptors (Lipinski definition) is 1. The van der Waals surface area contributed by atoms with Crippen LogP contribution in [0.2, 0.25) is 0 Å². The number of hydrogen-bond donors (Lipinski definition) is 1. The third-order valence-electron chi connectivity index (χ3n) is 3.51. The monoisotopic (exact) mass is 219 g/mol. The summed E-state index contributed by atoms with van der Waals surface area (Å²) in [5.41, 5.74) is 1.46. The van der Waals surface area contributed by atoms with Gasteiger partial charge in [0.1, 0.15) is 0 Å². The molecule has 1 N–H and O–H groups in total. The third kappa shape index (κ3) is 3.34. The average Bonchev–Trinajstić information content (AvgIpc) is 2.31. The second-order valence-corrected chi connectivity index (χ2v) is 4.67. The summed E-state index contributed by atoms with van der Waals surface area (Å²) in [7, 11) is 0. The summed E-state index contributed by atoms with van der Waals surface area (Å²) in [4.78, 5) is 0. The Morgan fingerprint density at radius 1 is 1.06 bits per heavy atom. The normalized spacial score (nSPS) is 16.8. The number of likely N-dealkylation sites (N-methyl/N-ethyl adjacent to an activating group) is 1. The Hall–Kier alpha value is -0.820. The van der Waals surface area contributed by atoms with E-state index in [0.717, 1.165) is 12.5 Å². The van der Waals surface area contributed by atoms with Crippen molar-refractivity contribution in [3.63, 3.8) is 0 Å². The molecule has 1 nitrogen and oxygen atoms in total. The van der Waals surface area contributed by atoms with Crippen molar-refractivity contribution in [2.45, 2.75) is 46.1 Å². The van der Waals surface area contributed by atoms with Crippen LogP contribution in [0.5, 0.6) is 0 Å². The molecule has 0 fully saturated rings. The fraction of sp³-hybridized carbons (Fsp3) is 0.600. The van der Waals surface area contributed by atoms with Gasteiger partial charge in [-0.15, -0.1) is 0 Å². The Bertz CT molecular complexity index is 281. The standard InChI is InChI=1S/C15H25N/c1-5-12(3)15(13(4)16-6-2)14-10-8-7-9-11-14/h7-13,15-16H,5-6H2,1-4H3. The van der Waals surface area contributed by atoms with Gasteiger partial charge in [0.25, 0.3) is 0 Å². The molecule has 0 aliphatic rings. The van der Waals surface area contributed by atoms with Crippen molar-refractivity contribution in [3.8, 4) is 0 Å². The highest BCUT2D eigenvalue weighted by Gasteiger charge is 2.23. The van der Waals surface area contributed by atoms with E-state index in [1.807, 2.05) is 0 Å². The van der Waals surface area contributed by atoms with Crippen molar-refractivity contribution in [1.29, 1.82) is 0 Å². The number of rotatable bonds is 6. The van der Waals surface area contributed by atoms with E-state index < -0.39 is 0 Å². The Labute approximate surface area is 100 Å². The van der Waals surface area contributed by atoms with Gasteiger partial charge in [0, 0.05) is 12.0 Å². The van der Waals surface area contributed by atoms with Gasteiger partial charge in [-0.25, -0.2) is 0 Å². The van der Waals surface area contributed by atoms with Crippen LogP contribution in [-0.4, -0.2) is 12.6 Å². The van der Waals surface area contributed by atoms with Crippen LogP contribution in [0.3, 0.4) is 0 Å². The average molecular weight is 219 g/mol. The predicted molar refractivity (Wildman–Crippen MR) is 71.8 cm³/mol. The minimum absolute atomic E-state index is 0.544. The van der Waals surface area contributed by atoms with Gasteiger partial charge < -0.3 is 5.32 Å². The lowest BCUT2D eigenvalue weighted by Crippen LogP contribution is -2.35. The van der Waals surface area contributed by atoms with E-state index in [4.69, 9.17) is 0 Å². The largest absolute Gasteiger partial charge is 0.314 e. The molecule has 1 heteroatoms.